The summed E-state index contributed by atoms with van der Waals surface area (Å²) in [5.74, 6) is -0.617. The van der Waals surface area contributed by atoms with Crippen LogP contribution in [0.2, 0.25) is 0 Å². The molecule has 0 saturated heterocycles. The highest BCUT2D eigenvalue weighted by Gasteiger charge is 2.16. The fourth-order valence-electron chi connectivity index (χ4n) is 0.675. The van der Waals surface area contributed by atoms with Gasteiger partial charge in [0.15, 0.2) is 0 Å². The van der Waals surface area contributed by atoms with Crippen molar-refractivity contribution in [1.82, 2.24) is 0 Å². The van der Waals surface area contributed by atoms with Gasteiger partial charge in [0, 0.05) is 9.64 Å². The van der Waals surface area contributed by atoms with Gasteiger partial charge in [0.25, 0.3) is 5.69 Å². The van der Waals surface area contributed by atoms with E-state index in [1.165, 1.54) is 12.1 Å². The van der Waals surface area contributed by atoms with Crippen LogP contribution in [0.5, 0.6) is 0 Å². The molecule has 1 aromatic rings. The van der Waals surface area contributed by atoms with Gasteiger partial charge < -0.3 is 0 Å². The summed E-state index contributed by atoms with van der Waals surface area (Å²) >= 11 is 4.61. The van der Waals surface area contributed by atoms with E-state index < -0.39 is 10.7 Å². The second-order valence-electron chi connectivity index (χ2n) is 1.98. The SMILES string of the molecule is O=[N+]([O-])c1cc(I)cc(F)c1Br. The minimum absolute atomic E-state index is 0.104. The summed E-state index contributed by atoms with van der Waals surface area (Å²) in [7, 11) is 0. The molecule has 0 aliphatic rings. The molecule has 12 heavy (non-hydrogen) atoms. The fourth-order valence-corrected chi connectivity index (χ4v) is 1.62. The Kier molecular flexibility index (Phi) is 2.99. The topological polar surface area (TPSA) is 43.1 Å². The Balaban J connectivity index is 3.37. The molecule has 0 aromatic heterocycles. The van der Waals surface area contributed by atoms with E-state index in [9.17, 15) is 14.5 Å². The van der Waals surface area contributed by atoms with Gasteiger partial charge in [-0.1, -0.05) is 0 Å². The lowest BCUT2D eigenvalue weighted by Gasteiger charge is -1.97. The van der Waals surface area contributed by atoms with Crippen molar-refractivity contribution in [3.63, 3.8) is 0 Å². The van der Waals surface area contributed by atoms with E-state index >= 15 is 0 Å². The molecule has 0 atom stereocenters. The van der Waals surface area contributed by atoms with Gasteiger partial charge in [-0.2, -0.15) is 0 Å². The van der Waals surface area contributed by atoms with E-state index in [-0.39, 0.29) is 10.2 Å². The predicted molar refractivity (Wildman–Crippen MR) is 53.5 cm³/mol. The summed E-state index contributed by atoms with van der Waals surface area (Å²) in [6, 6.07) is 2.52. The molecule has 0 N–H and O–H groups in total. The Bertz CT molecular complexity index is 345. The smallest absolute Gasteiger partial charge is 0.258 e. The second-order valence-corrected chi connectivity index (χ2v) is 4.02. The van der Waals surface area contributed by atoms with Crippen LogP contribution in [0.1, 0.15) is 0 Å². The van der Waals surface area contributed by atoms with Gasteiger partial charge in [-0.3, -0.25) is 10.1 Å². The predicted octanol–water partition coefficient (Wildman–Crippen LogP) is 3.10. The minimum atomic E-state index is -0.630. The lowest BCUT2D eigenvalue weighted by atomic mass is 10.3. The largest absolute Gasteiger partial charge is 0.287 e. The highest BCUT2D eigenvalue weighted by Crippen LogP contribution is 2.29. The zero-order chi connectivity index (χ0) is 9.30. The third kappa shape index (κ3) is 1.92. The molecule has 6 heteroatoms. The summed E-state index contributed by atoms with van der Waals surface area (Å²) in [6.07, 6.45) is 0. The average molecular weight is 346 g/mol. The monoisotopic (exact) mass is 345 g/mol. The van der Waals surface area contributed by atoms with E-state index in [1.807, 2.05) is 22.6 Å². The molecule has 0 radical (unpaired) electrons. The second kappa shape index (κ2) is 3.65. The Morgan fingerprint density at radius 3 is 2.67 bits per heavy atom. The summed E-state index contributed by atoms with van der Waals surface area (Å²) in [6.45, 7) is 0. The Morgan fingerprint density at radius 1 is 1.58 bits per heavy atom. The first-order valence-corrected chi connectivity index (χ1v) is 4.68. The van der Waals surface area contributed by atoms with Crippen molar-refractivity contribution >= 4 is 44.2 Å². The third-order valence-electron chi connectivity index (χ3n) is 1.17. The van der Waals surface area contributed by atoms with Crippen molar-refractivity contribution in [3.05, 3.63) is 36.1 Å². The molecule has 64 valence electrons. The van der Waals surface area contributed by atoms with Crippen molar-refractivity contribution in [3.8, 4) is 0 Å². The zero-order valence-corrected chi connectivity index (χ0v) is 9.30. The minimum Gasteiger partial charge on any atom is -0.258 e. The van der Waals surface area contributed by atoms with Crippen molar-refractivity contribution in [1.29, 1.82) is 0 Å². The van der Waals surface area contributed by atoms with Crippen molar-refractivity contribution in [2.75, 3.05) is 0 Å². The fraction of sp³-hybridized carbons (Fsp3) is 0. The molecule has 0 spiro atoms. The molecule has 1 aromatic carbocycles. The quantitative estimate of drug-likeness (QED) is 0.340. The Morgan fingerprint density at radius 2 is 2.17 bits per heavy atom. The number of rotatable bonds is 1. The number of benzene rings is 1. The van der Waals surface area contributed by atoms with Gasteiger partial charge in [0.05, 0.1) is 4.92 Å². The van der Waals surface area contributed by atoms with Gasteiger partial charge in [-0.25, -0.2) is 4.39 Å². The molecular formula is C6H2BrFINO2. The lowest BCUT2D eigenvalue weighted by molar-refractivity contribution is -0.385. The highest BCUT2D eigenvalue weighted by atomic mass is 127. The molecule has 0 fully saturated rings. The van der Waals surface area contributed by atoms with Gasteiger partial charge in [0.2, 0.25) is 0 Å². The first-order valence-electron chi connectivity index (χ1n) is 2.81. The highest BCUT2D eigenvalue weighted by molar-refractivity contribution is 14.1. The van der Waals surface area contributed by atoms with E-state index in [4.69, 9.17) is 0 Å². The Hall–Kier alpha value is -0.240. The number of nitro benzene ring substituents is 1. The Labute approximate surface area is 89.4 Å². The zero-order valence-electron chi connectivity index (χ0n) is 5.55. The molecule has 0 unspecified atom stereocenters. The van der Waals surface area contributed by atoms with E-state index in [0.717, 1.165) is 0 Å². The number of halogens is 3. The van der Waals surface area contributed by atoms with Crippen LogP contribution in [0.15, 0.2) is 16.6 Å². The maximum Gasteiger partial charge on any atom is 0.287 e. The average Bonchev–Trinajstić information content (AvgIpc) is 1.96. The van der Waals surface area contributed by atoms with Crippen molar-refractivity contribution < 1.29 is 9.31 Å². The maximum atomic E-state index is 12.8. The van der Waals surface area contributed by atoms with Gasteiger partial charge >= 0.3 is 0 Å². The molecule has 0 bridgehead atoms. The third-order valence-corrected chi connectivity index (χ3v) is 2.58. The van der Waals surface area contributed by atoms with Crippen molar-refractivity contribution in [2.24, 2.45) is 0 Å². The molecule has 1 rings (SSSR count). The number of hydrogen-bond acceptors (Lipinski definition) is 2. The first kappa shape index (κ1) is 9.85. The first-order chi connectivity index (χ1) is 5.52. The summed E-state index contributed by atoms with van der Waals surface area (Å²) in [4.78, 5) is 9.70. The van der Waals surface area contributed by atoms with E-state index in [0.29, 0.717) is 3.57 Å². The molecule has 0 amide bonds. The standard InChI is InChI=1S/C6H2BrFINO2/c7-6-4(8)1-3(9)2-5(6)10(11)12/h1-2H. The number of nitro groups is 1. The lowest BCUT2D eigenvalue weighted by Crippen LogP contribution is -1.92. The maximum absolute atomic E-state index is 12.8. The summed E-state index contributed by atoms with van der Waals surface area (Å²) in [5, 5.41) is 10.3. The van der Waals surface area contributed by atoms with Crippen LogP contribution in [0.25, 0.3) is 0 Å². The summed E-state index contributed by atoms with van der Waals surface area (Å²) < 4.78 is 13.2. The van der Waals surface area contributed by atoms with Crippen LogP contribution in [0.4, 0.5) is 10.1 Å². The van der Waals surface area contributed by atoms with Gasteiger partial charge in [0.1, 0.15) is 10.3 Å². The van der Waals surface area contributed by atoms with E-state index in [2.05, 4.69) is 15.9 Å². The van der Waals surface area contributed by atoms with Crippen LogP contribution < -0.4 is 0 Å². The molecule has 0 aliphatic heterocycles. The van der Waals surface area contributed by atoms with Crippen LogP contribution >= 0.6 is 38.5 Å². The van der Waals surface area contributed by atoms with Gasteiger partial charge in [-0.15, -0.1) is 0 Å². The number of hydrogen-bond donors (Lipinski definition) is 0. The molecular weight excluding hydrogens is 344 g/mol. The number of nitrogens with zero attached hydrogens (tertiary/aromatic N) is 1. The molecule has 0 saturated carbocycles. The van der Waals surface area contributed by atoms with Crippen LogP contribution in [-0.2, 0) is 0 Å². The van der Waals surface area contributed by atoms with Gasteiger partial charge in [-0.05, 0) is 44.6 Å². The van der Waals surface area contributed by atoms with Crippen molar-refractivity contribution in [2.45, 2.75) is 0 Å². The summed E-state index contributed by atoms with van der Waals surface area (Å²) in [5.41, 5.74) is -0.251. The van der Waals surface area contributed by atoms with Crippen LogP contribution in [0, 0.1) is 19.5 Å². The van der Waals surface area contributed by atoms with E-state index in [1.54, 1.807) is 0 Å². The molecule has 0 aliphatic carbocycles. The normalized spacial score (nSPS) is 9.92. The molecule has 3 nitrogen and oxygen atoms in total. The van der Waals surface area contributed by atoms with Crippen LogP contribution in [0.3, 0.4) is 0 Å². The molecule has 0 heterocycles. The van der Waals surface area contributed by atoms with Crippen LogP contribution in [-0.4, -0.2) is 4.92 Å².